The first-order valence-electron chi connectivity index (χ1n) is 14.1. The number of fused-ring (bicyclic) bond motifs is 2. The molecule has 1 aliphatic carbocycles. The van der Waals surface area contributed by atoms with Crippen LogP contribution >= 0.6 is 23.2 Å². The number of amides is 2. The summed E-state index contributed by atoms with van der Waals surface area (Å²) in [6, 6.07) is 9.04. The van der Waals surface area contributed by atoms with Gasteiger partial charge in [0.1, 0.15) is 11.2 Å². The highest BCUT2D eigenvalue weighted by atomic mass is 35.5. The fourth-order valence-electron chi connectivity index (χ4n) is 7.64. The molecule has 3 aliphatic rings. The lowest BCUT2D eigenvalue weighted by Gasteiger charge is -2.47. The van der Waals surface area contributed by atoms with Crippen molar-refractivity contribution in [2.45, 2.75) is 101 Å². The zero-order valence-electron chi connectivity index (χ0n) is 23.4. The fraction of sp³-hybridized carbons (Fsp3) is 0.548. The highest BCUT2D eigenvalue weighted by Crippen LogP contribution is 2.62. The van der Waals surface area contributed by atoms with Gasteiger partial charge in [0.15, 0.2) is 0 Å². The predicted molar refractivity (Wildman–Crippen MR) is 156 cm³/mol. The summed E-state index contributed by atoms with van der Waals surface area (Å²) in [6.45, 7) is 8.32. The number of halogens is 3. The van der Waals surface area contributed by atoms with Crippen LogP contribution in [0.3, 0.4) is 0 Å². The van der Waals surface area contributed by atoms with Gasteiger partial charge in [0.2, 0.25) is 11.8 Å². The molecule has 0 radical (unpaired) electrons. The number of nitrogens with one attached hydrogen (secondary N) is 3. The van der Waals surface area contributed by atoms with Crippen molar-refractivity contribution in [1.82, 2.24) is 10.6 Å². The summed E-state index contributed by atoms with van der Waals surface area (Å²) in [4.78, 5) is 28.7. The molecular formula is C31H38Cl2FN3O3. The summed E-state index contributed by atoms with van der Waals surface area (Å²) >= 11 is 12.7. The predicted octanol–water partition coefficient (Wildman–Crippen LogP) is 6.08. The SMILES string of the molecule is CCC1(CC(C)(C)C)NC(C(=O)NC2CCC(O)CC2)C(c2cccc(Cl)c2F)C12C(=O)Nc1cc(Cl)ccc12. The van der Waals surface area contributed by atoms with Crippen molar-refractivity contribution in [2.75, 3.05) is 5.32 Å². The number of aliphatic hydroxyl groups excluding tert-OH is 1. The van der Waals surface area contributed by atoms with E-state index in [-0.39, 0.29) is 40.0 Å². The van der Waals surface area contributed by atoms with Gasteiger partial charge in [-0.05, 0) is 73.3 Å². The molecule has 4 unspecified atom stereocenters. The van der Waals surface area contributed by atoms with Gasteiger partial charge in [-0.1, -0.05) is 69.1 Å². The molecule has 2 aromatic carbocycles. The van der Waals surface area contributed by atoms with Crippen LogP contribution in [0.15, 0.2) is 36.4 Å². The number of carbonyl (C=O) groups excluding carboxylic acids is 2. The Labute approximate surface area is 245 Å². The summed E-state index contributed by atoms with van der Waals surface area (Å²) in [5, 5.41) is 20.3. The highest BCUT2D eigenvalue weighted by molar-refractivity contribution is 6.31. The molecule has 9 heteroatoms. The standard InChI is InChI=1S/C31H38Cl2FN3O3/c1-5-30(16-29(2,3)4)31(21-14-9-17(32)15-23(21)36-28(31)40)24(20-7-6-8-22(33)25(20)34)26(37-30)27(39)35-18-10-12-19(38)13-11-18/h6-9,14-15,18-19,24,26,37-38H,5,10-13,16H2,1-4H3,(H,35,39)(H,36,40). The maximum Gasteiger partial charge on any atom is 0.238 e. The molecule has 2 amide bonds. The maximum atomic E-state index is 16.0. The molecule has 216 valence electrons. The maximum absolute atomic E-state index is 16.0. The molecule has 4 atom stereocenters. The van der Waals surface area contributed by atoms with Crippen molar-refractivity contribution in [3.05, 3.63) is 63.4 Å². The van der Waals surface area contributed by atoms with Gasteiger partial charge >= 0.3 is 0 Å². The summed E-state index contributed by atoms with van der Waals surface area (Å²) in [6.07, 6.45) is 3.23. The second-order valence-electron chi connectivity index (χ2n) is 12.9. The molecule has 2 fully saturated rings. The first-order chi connectivity index (χ1) is 18.8. The van der Waals surface area contributed by atoms with Crippen LogP contribution in [0.2, 0.25) is 10.0 Å². The van der Waals surface area contributed by atoms with Crippen molar-refractivity contribution < 1.29 is 19.1 Å². The summed E-state index contributed by atoms with van der Waals surface area (Å²) in [5.74, 6) is -2.11. The molecule has 1 spiro atoms. The molecule has 1 saturated heterocycles. The van der Waals surface area contributed by atoms with Gasteiger partial charge in [-0.3, -0.25) is 14.9 Å². The monoisotopic (exact) mass is 589 g/mol. The van der Waals surface area contributed by atoms with E-state index in [4.69, 9.17) is 23.2 Å². The summed E-state index contributed by atoms with van der Waals surface area (Å²) < 4.78 is 16.0. The van der Waals surface area contributed by atoms with Crippen molar-refractivity contribution in [3.8, 4) is 0 Å². The van der Waals surface area contributed by atoms with Crippen molar-refractivity contribution in [2.24, 2.45) is 5.41 Å². The van der Waals surface area contributed by atoms with Gasteiger partial charge in [-0.15, -0.1) is 0 Å². The van der Waals surface area contributed by atoms with Crippen molar-refractivity contribution in [1.29, 1.82) is 0 Å². The normalized spacial score (nSPS) is 31.8. The van der Waals surface area contributed by atoms with Gasteiger partial charge in [0.25, 0.3) is 0 Å². The van der Waals surface area contributed by atoms with Crippen LogP contribution < -0.4 is 16.0 Å². The first kappa shape index (κ1) is 29.3. The minimum Gasteiger partial charge on any atom is -0.393 e. The van der Waals surface area contributed by atoms with E-state index >= 15 is 4.39 Å². The summed E-state index contributed by atoms with van der Waals surface area (Å²) in [7, 11) is 0. The van der Waals surface area contributed by atoms with E-state index in [0.717, 1.165) is 0 Å². The van der Waals surface area contributed by atoms with Gasteiger partial charge in [-0.25, -0.2) is 4.39 Å². The molecule has 0 aromatic heterocycles. The fourth-order valence-corrected chi connectivity index (χ4v) is 7.99. The van der Waals surface area contributed by atoms with E-state index in [1.54, 1.807) is 24.3 Å². The van der Waals surface area contributed by atoms with Crippen LogP contribution in [0.4, 0.5) is 10.1 Å². The molecular weight excluding hydrogens is 552 g/mol. The molecule has 2 aromatic rings. The quantitative estimate of drug-likeness (QED) is 0.340. The first-order valence-corrected chi connectivity index (χ1v) is 14.9. The van der Waals surface area contributed by atoms with Crippen LogP contribution in [0, 0.1) is 11.2 Å². The van der Waals surface area contributed by atoms with E-state index in [9.17, 15) is 14.7 Å². The van der Waals surface area contributed by atoms with E-state index in [2.05, 4.69) is 36.7 Å². The molecule has 40 heavy (non-hydrogen) atoms. The number of hydrogen-bond donors (Lipinski definition) is 4. The largest absolute Gasteiger partial charge is 0.393 e. The Morgan fingerprint density at radius 2 is 1.85 bits per heavy atom. The van der Waals surface area contributed by atoms with E-state index in [0.29, 0.717) is 54.8 Å². The Morgan fingerprint density at radius 3 is 2.50 bits per heavy atom. The van der Waals surface area contributed by atoms with Crippen molar-refractivity contribution in [3.63, 3.8) is 0 Å². The average Bonchev–Trinajstić information content (AvgIpc) is 3.34. The summed E-state index contributed by atoms with van der Waals surface area (Å²) in [5.41, 5.74) is -0.986. The number of aliphatic hydroxyl groups is 1. The Kier molecular flexibility index (Phi) is 7.75. The number of anilines is 1. The number of carbonyl (C=O) groups is 2. The lowest BCUT2D eigenvalue weighted by molar-refractivity contribution is -0.125. The Bertz CT molecular complexity index is 1320. The van der Waals surface area contributed by atoms with Crippen LogP contribution in [0.5, 0.6) is 0 Å². The third-order valence-electron chi connectivity index (χ3n) is 9.08. The molecule has 1 saturated carbocycles. The number of rotatable bonds is 5. The zero-order valence-corrected chi connectivity index (χ0v) is 24.9. The zero-order chi connectivity index (χ0) is 29.0. The van der Waals surface area contributed by atoms with Gasteiger partial charge in [0, 0.05) is 28.2 Å². The Balaban J connectivity index is 1.75. The van der Waals surface area contributed by atoms with Crippen LogP contribution in [0.1, 0.15) is 83.3 Å². The highest BCUT2D eigenvalue weighted by Gasteiger charge is 2.72. The smallest absolute Gasteiger partial charge is 0.238 e. The third kappa shape index (κ3) is 4.73. The molecule has 6 nitrogen and oxygen atoms in total. The second-order valence-corrected chi connectivity index (χ2v) is 13.7. The average molecular weight is 591 g/mol. The lowest BCUT2D eigenvalue weighted by Crippen LogP contribution is -2.60. The molecule has 2 aliphatic heterocycles. The molecule has 2 heterocycles. The lowest BCUT2D eigenvalue weighted by atomic mass is 9.55. The minimum atomic E-state index is -1.33. The molecule has 5 rings (SSSR count). The van der Waals surface area contributed by atoms with E-state index < -0.39 is 28.7 Å². The van der Waals surface area contributed by atoms with Gasteiger partial charge < -0.3 is 15.7 Å². The Hall–Kier alpha value is -2.19. The third-order valence-corrected chi connectivity index (χ3v) is 9.60. The van der Waals surface area contributed by atoms with Gasteiger partial charge in [-0.2, -0.15) is 0 Å². The van der Waals surface area contributed by atoms with E-state index in [1.165, 1.54) is 6.07 Å². The van der Waals surface area contributed by atoms with Gasteiger partial charge in [0.05, 0.1) is 17.2 Å². The van der Waals surface area contributed by atoms with Crippen LogP contribution in [-0.2, 0) is 15.0 Å². The topological polar surface area (TPSA) is 90.5 Å². The van der Waals surface area contributed by atoms with Crippen molar-refractivity contribution >= 4 is 40.7 Å². The van der Waals surface area contributed by atoms with Crippen LogP contribution in [0.25, 0.3) is 0 Å². The minimum absolute atomic E-state index is 0.0624. The number of hydrogen-bond acceptors (Lipinski definition) is 4. The van der Waals surface area contributed by atoms with Crippen LogP contribution in [-0.4, -0.2) is 40.6 Å². The van der Waals surface area contributed by atoms with E-state index in [1.807, 2.05) is 13.0 Å². The number of benzene rings is 2. The Morgan fingerprint density at radius 1 is 1.15 bits per heavy atom. The second kappa shape index (κ2) is 10.6. The molecule has 0 bridgehead atoms. The molecule has 4 N–H and O–H groups in total.